The average molecular weight is 570 g/mol. The van der Waals surface area contributed by atoms with Crippen molar-refractivity contribution in [3.05, 3.63) is 12.7 Å². The third-order valence-corrected chi connectivity index (χ3v) is 9.83. The molecule has 202 valence electrons. The van der Waals surface area contributed by atoms with Gasteiger partial charge in [0.1, 0.15) is 11.6 Å². The number of amides is 2. The standard InChI is InChI=1S/C27H41BrN2O6/c1-5-13-29(17-11-9-8-10-12-17)25(33)23-27-14-18(28)22(36-27)20(26(34)35-7-3)21(27)24(32)30(23)19(15-31)16(4)6-2/h5,16-23,31H,1,6-15H2,2-4H3/t16-,18?,19-,20+,21-,22+,23?,27?/m0/s1. The molecular formula is C27H41BrN2O6. The van der Waals surface area contributed by atoms with Crippen molar-refractivity contribution < 1.29 is 29.0 Å². The van der Waals surface area contributed by atoms with Crippen LogP contribution in [-0.4, -0.2) is 87.1 Å². The molecule has 3 heterocycles. The minimum atomic E-state index is -1.14. The summed E-state index contributed by atoms with van der Waals surface area (Å²) in [5.74, 6) is -2.53. The second-order valence-electron chi connectivity index (χ2n) is 10.9. The number of likely N-dealkylation sites (tertiary alicyclic amines) is 1. The Kier molecular flexibility index (Phi) is 8.52. The molecule has 2 amide bonds. The van der Waals surface area contributed by atoms with E-state index in [1.165, 1.54) is 0 Å². The van der Waals surface area contributed by atoms with Crippen LogP contribution in [0.3, 0.4) is 0 Å². The van der Waals surface area contributed by atoms with Gasteiger partial charge < -0.3 is 24.4 Å². The van der Waals surface area contributed by atoms with Gasteiger partial charge in [0.2, 0.25) is 11.8 Å². The number of esters is 1. The molecule has 9 heteroatoms. The SMILES string of the molecule is C=CCN(C(=O)C1N([C@@H](CO)[C@@H](C)CC)C(=O)[C@@H]2[C@@H](C(=O)OCC)[C@@H]3OC12CC3Br)C1CCCCC1. The molecule has 1 N–H and O–H groups in total. The first kappa shape index (κ1) is 27.6. The van der Waals surface area contributed by atoms with E-state index in [4.69, 9.17) is 9.47 Å². The highest BCUT2D eigenvalue weighted by atomic mass is 79.9. The van der Waals surface area contributed by atoms with Crippen LogP contribution in [-0.2, 0) is 23.9 Å². The van der Waals surface area contributed by atoms with Gasteiger partial charge >= 0.3 is 5.97 Å². The molecule has 0 aromatic carbocycles. The summed E-state index contributed by atoms with van der Waals surface area (Å²) in [4.78, 5) is 45.2. The zero-order valence-electron chi connectivity index (χ0n) is 21.7. The number of aliphatic hydroxyl groups excluding tert-OH is 1. The lowest BCUT2D eigenvalue weighted by molar-refractivity contribution is -0.157. The maximum atomic E-state index is 14.5. The predicted octanol–water partition coefficient (Wildman–Crippen LogP) is 3.05. The Labute approximate surface area is 222 Å². The van der Waals surface area contributed by atoms with Crippen molar-refractivity contribution in [1.29, 1.82) is 0 Å². The Bertz CT molecular complexity index is 863. The Balaban J connectivity index is 1.81. The zero-order chi connectivity index (χ0) is 26.2. The first-order valence-electron chi connectivity index (χ1n) is 13.6. The Hall–Kier alpha value is -1.45. The molecular weight excluding hydrogens is 528 g/mol. The van der Waals surface area contributed by atoms with Gasteiger partial charge in [0, 0.05) is 17.4 Å². The number of aliphatic hydroxyl groups is 1. The number of hydrogen-bond acceptors (Lipinski definition) is 6. The monoisotopic (exact) mass is 568 g/mol. The largest absolute Gasteiger partial charge is 0.466 e. The van der Waals surface area contributed by atoms with E-state index in [2.05, 4.69) is 22.5 Å². The van der Waals surface area contributed by atoms with Gasteiger partial charge in [-0.1, -0.05) is 61.5 Å². The van der Waals surface area contributed by atoms with Gasteiger partial charge in [-0.25, -0.2) is 0 Å². The van der Waals surface area contributed by atoms with Gasteiger partial charge in [0.15, 0.2) is 0 Å². The lowest BCUT2D eigenvalue weighted by Crippen LogP contribution is -2.61. The van der Waals surface area contributed by atoms with Crippen LogP contribution >= 0.6 is 15.9 Å². The first-order valence-corrected chi connectivity index (χ1v) is 14.5. The van der Waals surface area contributed by atoms with Crippen molar-refractivity contribution >= 4 is 33.7 Å². The molecule has 8 nitrogen and oxygen atoms in total. The van der Waals surface area contributed by atoms with Gasteiger partial charge in [-0.3, -0.25) is 14.4 Å². The molecule has 0 aromatic rings. The van der Waals surface area contributed by atoms with Gasteiger partial charge in [-0.15, -0.1) is 6.58 Å². The first-order chi connectivity index (χ1) is 17.3. The number of ether oxygens (including phenoxy) is 2. The summed E-state index contributed by atoms with van der Waals surface area (Å²) >= 11 is 3.69. The van der Waals surface area contributed by atoms with Crippen LogP contribution in [0.1, 0.15) is 65.7 Å². The third kappa shape index (κ3) is 4.33. The second kappa shape index (κ2) is 11.1. The molecule has 4 fully saturated rings. The van der Waals surface area contributed by atoms with Crippen LogP contribution < -0.4 is 0 Å². The van der Waals surface area contributed by atoms with Crippen molar-refractivity contribution in [2.75, 3.05) is 19.8 Å². The summed E-state index contributed by atoms with van der Waals surface area (Å²) in [5.41, 5.74) is -1.14. The fraction of sp³-hybridized carbons (Fsp3) is 0.815. The topological polar surface area (TPSA) is 96.4 Å². The lowest BCUT2D eigenvalue weighted by Gasteiger charge is -2.43. The fourth-order valence-electron chi connectivity index (χ4n) is 7.13. The molecule has 0 aromatic heterocycles. The molecule has 0 radical (unpaired) electrons. The summed E-state index contributed by atoms with van der Waals surface area (Å²) in [7, 11) is 0. The molecule has 4 rings (SSSR count). The minimum absolute atomic E-state index is 0.0370. The molecule has 1 aliphatic carbocycles. The van der Waals surface area contributed by atoms with Crippen molar-refractivity contribution in [2.45, 2.75) is 100 Å². The quantitative estimate of drug-likeness (QED) is 0.247. The van der Waals surface area contributed by atoms with E-state index in [-0.39, 0.29) is 41.8 Å². The smallest absolute Gasteiger partial charge is 0.312 e. The number of alkyl halides is 1. The van der Waals surface area contributed by atoms with Crippen molar-refractivity contribution in [3.8, 4) is 0 Å². The second-order valence-corrected chi connectivity index (χ2v) is 12.0. The maximum absolute atomic E-state index is 14.5. The number of nitrogens with zero attached hydrogens (tertiary/aromatic N) is 2. The summed E-state index contributed by atoms with van der Waals surface area (Å²) in [5, 5.41) is 10.5. The number of fused-ring (bicyclic) bond motifs is 1. The zero-order valence-corrected chi connectivity index (χ0v) is 23.3. The Morgan fingerprint density at radius 3 is 2.61 bits per heavy atom. The molecule has 1 saturated carbocycles. The summed E-state index contributed by atoms with van der Waals surface area (Å²) in [6.07, 6.45) is 7.50. The molecule has 3 saturated heterocycles. The molecule has 36 heavy (non-hydrogen) atoms. The van der Waals surface area contributed by atoms with Crippen LogP contribution in [0.2, 0.25) is 0 Å². The highest BCUT2D eigenvalue weighted by molar-refractivity contribution is 9.09. The maximum Gasteiger partial charge on any atom is 0.312 e. The van der Waals surface area contributed by atoms with E-state index < -0.39 is 41.6 Å². The molecule has 2 bridgehead atoms. The van der Waals surface area contributed by atoms with E-state index in [0.717, 1.165) is 38.5 Å². The summed E-state index contributed by atoms with van der Waals surface area (Å²) in [6, 6.07) is -1.38. The Morgan fingerprint density at radius 2 is 2.03 bits per heavy atom. The van der Waals surface area contributed by atoms with Gasteiger partial charge in [0.05, 0.1) is 37.2 Å². The number of carbonyl (C=O) groups is 3. The molecule has 3 aliphatic heterocycles. The summed E-state index contributed by atoms with van der Waals surface area (Å²) in [6.45, 7) is 9.96. The number of carbonyl (C=O) groups excluding carboxylic acids is 3. The van der Waals surface area contributed by atoms with Gasteiger partial charge in [-0.05, 0) is 32.1 Å². The predicted molar refractivity (Wildman–Crippen MR) is 138 cm³/mol. The normalized spacial score (nSPS) is 35.4. The van der Waals surface area contributed by atoms with E-state index in [1.807, 2.05) is 18.7 Å². The molecule has 1 spiro atoms. The fourth-order valence-corrected chi connectivity index (χ4v) is 8.08. The van der Waals surface area contributed by atoms with Gasteiger partial charge in [-0.2, -0.15) is 0 Å². The van der Waals surface area contributed by atoms with Crippen LogP contribution in [0, 0.1) is 17.8 Å². The van der Waals surface area contributed by atoms with E-state index in [0.29, 0.717) is 13.0 Å². The molecule has 4 aliphatic rings. The lowest BCUT2D eigenvalue weighted by atomic mass is 9.70. The van der Waals surface area contributed by atoms with Crippen LogP contribution in [0.15, 0.2) is 12.7 Å². The molecule has 3 unspecified atom stereocenters. The van der Waals surface area contributed by atoms with Crippen molar-refractivity contribution in [1.82, 2.24) is 9.80 Å². The number of halogens is 1. The van der Waals surface area contributed by atoms with E-state index in [1.54, 1.807) is 17.9 Å². The number of rotatable bonds is 10. The Morgan fingerprint density at radius 1 is 1.33 bits per heavy atom. The van der Waals surface area contributed by atoms with Crippen molar-refractivity contribution in [2.24, 2.45) is 17.8 Å². The van der Waals surface area contributed by atoms with Crippen LogP contribution in [0.5, 0.6) is 0 Å². The highest BCUT2D eigenvalue weighted by Crippen LogP contribution is 2.61. The van der Waals surface area contributed by atoms with E-state index in [9.17, 15) is 19.5 Å². The third-order valence-electron chi connectivity index (χ3n) is 8.99. The summed E-state index contributed by atoms with van der Waals surface area (Å²) < 4.78 is 11.9. The number of hydrogen-bond donors (Lipinski definition) is 1. The van der Waals surface area contributed by atoms with Gasteiger partial charge in [0.25, 0.3) is 0 Å². The average Bonchev–Trinajstić information content (AvgIpc) is 3.47. The van der Waals surface area contributed by atoms with Crippen LogP contribution in [0.25, 0.3) is 0 Å². The van der Waals surface area contributed by atoms with Crippen LogP contribution in [0.4, 0.5) is 0 Å². The molecule has 8 atom stereocenters. The highest BCUT2D eigenvalue weighted by Gasteiger charge is 2.77. The van der Waals surface area contributed by atoms with E-state index >= 15 is 0 Å². The minimum Gasteiger partial charge on any atom is -0.466 e. The van der Waals surface area contributed by atoms with Crippen molar-refractivity contribution in [3.63, 3.8) is 0 Å².